The molecule has 0 aromatic heterocycles. The molecule has 112 valence electrons. The summed E-state index contributed by atoms with van der Waals surface area (Å²) < 4.78 is 29.1. The average Bonchev–Trinajstić information content (AvgIpc) is 2.69. The highest BCUT2D eigenvalue weighted by molar-refractivity contribution is 7.87. The smallest absolute Gasteiger partial charge is 0.279 e. The lowest BCUT2D eigenvalue weighted by atomic mass is 10.0. The SMILES string of the molecule is Cl.O=S(=O)(NC1CC2CCC(C1)N2)N1CCCCC1. The molecule has 2 unspecified atom stereocenters. The standard InChI is InChI=1S/C12H23N3O2S.ClH/c16-18(17,15-6-2-1-3-7-15)14-12-8-10-4-5-11(9-12)13-10;/h10-14H,1-9H2;1H. The first-order chi connectivity index (χ1) is 8.63. The van der Waals surface area contributed by atoms with Crippen LogP contribution in [0.5, 0.6) is 0 Å². The van der Waals surface area contributed by atoms with E-state index >= 15 is 0 Å². The van der Waals surface area contributed by atoms with Crippen molar-refractivity contribution < 1.29 is 8.42 Å². The van der Waals surface area contributed by atoms with Crippen molar-refractivity contribution in [3.8, 4) is 0 Å². The predicted octanol–water partition coefficient (Wildman–Crippen LogP) is 1.01. The predicted molar refractivity (Wildman–Crippen MR) is 77.7 cm³/mol. The fourth-order valence-corrected chi connectivity index (χ4v) is 5.05. The van der Waals surface area contributed by atoms with Gasteiger partial charge < -0.3 is 5.32 Å². The van der Waals surface area contributed by atoms with Gasteiger partial charge in [0, 0.05) is 31.2 Å². The van der Waals surface area contributed by atoms with Crippen molar-refractivity contribution in [2.75, 3.05) is 13.1 Å². The lowest BCUT2D eigenvalue weighted by Gasteiger charge is -2.32. The van der Waals surface area contributed by atoms with Crippen molar-refractivity contribution in [2.45, 2.75) is 63.1 Å². The molecule has 3 fully saturated rings. The van der Waals surface area contributed by atoms with Crippen molar-refractivity contribution in [3.05, 3.63) is 0 Å². The zero-order valence-corrected chi connectivity index (χ0v) is 12.8. The first-order valence-electron chi connectivity index (χ1n) is 7.17. The van der Waals surface area contributed by atoms with Gasteiger partial charge in [-0.1, -0.05) is 6.42 Å². The highest BCUT2D eigenvalue weighted by Gasteiger charge is 2.36. The molecule has 0 amide bonds. The molecule has 0 aromatic carbocycles. The van der Waals surface area contributed by atoms with Gasteiger partial charge in [-0.3, -0.25) is 0 Å². The summed E-state index contributed by atoms with van der Waals surface area (Å²) in [5.41, 5.74) is 0. The summed E-state index contributed by atoms with van der Waals surface area (Å²) in [4.78, 5) is 0. The largest absolute Gasteiger partial charge is 0.311 e. The Kier molecular flexibility index (Phi) is 5.11. The second-order valence-electron chi connectivity index (χ2n) is 5.89. The molecular weight excluding hydrogens is 286 g/mol. The van der Waals surface area contributed by atoms with Crippen LogP contribution in [0.25, 0.3) is 0 Å². The molecule has 5 nitrogen and oxygen atoms in total. The van der Waals surface area contributed by atoms with E-state index in [-0.39, 0.29) is 18.4 Å². The molecule has 2 bridgehead atoms. The highest BCUT2D eigenvalue weighted by Crippen LogP contribution is 2.27. The molecule has 3 rings (SSSR count). The molecule has 0 saturated carbocycles. The maximum absolute atomic E-state index is 12.3. The molecule has 19 heavy (non-hydrogen) atoms. The van der Waals surface area contributed by atoms with E-state index in [0.29, 0.717) is 25.2 Å². The average molecular weight is 310 g/mol. The number of nitrogens with one attached hydrogen (secondary N) is 2. The summed E-state index contributed by atoms with van der Waals surface area (Å²) in [6, 6.07) is 1.19. The van der Waals surface area contributed by atoms with Crippen molar-refractivity contribution >= 4 is 22.6 Å². The molecule has 0 radical (unpaired) electrons. The monoisotopic (exact) mass is 309 g/mol. The number of rotatable bonds is 3. The maximum atomic E-state index is 12.3. The van der Waals surface area contributed by atoms with Gasteiger partial charge in [0.05, 0.1) is 0 Å². The van der Waals surface area contributed by atoms with Gasteiger partial charge in [0.15, 0.2) is 0 Å². The maximum Gasteiger partial charge on any atom is 0.279 e. The normalized spacial score (nSPS) is 35.9. The molecule has 0 aliphatic carbocycles. The molecule has 3 saturated heterocycles. The van der Waals surface area contributed by atoms with Crippen LogP contribution in [0.2, 0.25) is 0 Å². The third kappa shape index (κ3) is 3.61. The van der Waals surface area contributed by atoms with Crippen LogP contribution in [-0.2, 0) is 10.2 Å². The fourth-order valence-electron chi connectivity index (χ4n) is 3.54. The molecule has 3 heterocycles. The van der Waals surface area contributed by atoms with E-state index in [1.165, 1.54) is 12.8 Å². The Morgan fingerprint density at radius 2 is 1.58 bits per heavy atom. The first kappa shape index (κ1) is 15.5. The minimum atomic E-state index is -3.25. The van der Waals surface area contributed by atoms with Gasteiger partial charge in [0.2, 0.25) is 0 Å². The van der Waals surface area contributed by atoms with E-state index in [0.717, 1.165) is 32.1 Å². The summed E-state index contributed by atoms with van der Waals surface area (Å²) in [5.74, 6) is 0. The van der Waals surface area contributed by atoms with E-state index < -0.39 is 10.2 Å². The minimum absolute atomic E-state index is 0. The molecule has 0 spiro atoms. The van der Waals surface area contributed by atoms with Crippen molar-refractivity contribution in [3.63, 3.8) is 0 Å². The van der Waals surface area contributed by atoms with E-state index in [1.807, 2.05) is 0 Å². The Labute approximate surface area is 122 Å². The lowest BCUT2D eigenvalue weighted by Crippen LogP contribution is -2.52. The van der Waals surface area contributed by atoms with Crippen LogP contribution in [0.1, 0.15) is 44.9 Å². The van der Waals surface area contributed by atoms with Crippen LogP contribution in [0.3, 0.4) is 0 Å². The Bertz CT molecular complexity index is 386. The van der Waals surface area contributed by atoms with Gasteiger partial charge in [-0.25, -0.2) is 0 Å². The summed E-state index contributed by atoms with van der Waals surface area (Å²) >= 11 is 0. The van der Waals surface area contributed by atoms with Crippen LogP contribution in [0, 0.1) is 0 Å². The van der Waals surface area contributed by atoms with Gasteiger partial charge in [-0.15, -0.1) is 12.4 Å². The van der Waals surface area contributed by atoms with Gasteiger partial charge in [-0.05, 0) is 38.5 Å². The van der Waals surface area contributed by atoms with Crippen LogP contribution in [0.4, 0.5) is 0 Å². The number of fused-ring (bicyclic) bond motifs is 2. The van der Waals surface area contributed by atoms with Gasteiger partial charge in [0.1, 0.15) is 0 Å². The third-order valence-electron chi connectivity index (χ3n) is 4.44. The quantitative estimate of drug-likeness (QED) is 0.818. The number of nitrogens with zero attached hydrogens (tertiary/aromatic N) is 1. The van der Waals surface area contributed by atoms with Crippen LogP contribution >= 0.6 is 12.4 Å². The van der Waals surface area contributed by atoms with E-state index in [2.05, 4.69) is 10.0 Å². The lowest BCUT2D eigenvalue weighted by molar-refractivity contribution is 0.315. The van der Waals surface area contributed by atoms with E-state index in [9.17, 15) is 8.42 Å². The second kappa shape index (κ2) is 6.26. The Morgan fingerprint density at radius 1 is 1.00 bits per heavy atom. The van der Waals surface area contributed by atoms with E-state index in [1.54, 1.807) is 4.31 Å². The Balaban J connectivity index is 0.00000133. The van der Waals surface area contributed by atoms with Crippen molar-refractivity contribution in [1.82, 2.24) is 14.3 Å². The number of hydrogen-bond donors (Lipinski definition) is 2. The molecule has 0 aromatic rings. The zero-order valence-electron chi connectivity index (χ0n) is 11.2. The minimum Gasteiger partial charge on any atom is -0.311 e. The molecule has 2 atom stereocenters. The number of halogens is 1. The summed E-state index contributed by atoms with van der Waals surface area (Å²) in [7, 11) is -3.25. The second-order valence-corrected chi connectivity index (χ2v) is 7.59. The highest BCUT2D eigenvalue weighted by atomic mass is 35.5. The van der Waals surface area contributed by atoms with Gasteiger partial charge in [-0.2, -0.15) is 17.4 Å². The molecule has 3 aliphatic rings. The van der Waals surface area contributed by atoms with Crippen LogP contribution in [-0.4, -0.2) is 43.9 Å². The molecule has 7 heteroatoms. The van der Waals surface area contributed by atoms with Gasteiger partial charge >= 0.3 is 0 Å². The summed E-state index contributed by atoms with van der Waals surface area (Å²) in [6.45, 7) is 1.38. The Hall–Kier alpha value is 0.120. The Morgan fingerprint density at radius 3 is 2.16 bits per heavy atom. The summed E-state index contributed by atoms with van der Waals surface area (Å²) in [6.07, 6.45) is 7.45. The summed E-state index contributed by atoms with van der Waals surface area (Å²) in [5, 5.41) is 3.54. The molecular formula is C12H24ClN3O2S. The molecule has 2 N–H and O–H groups in total. The first-order valence-corrected chi connectivity index (χ1v) is 8.61. The third-order valence-corrected chi connectivity index (χ3v) is 6.12. The zero-order chi connectivity index (χ0) is 12.6. The van der Waals surface area contributed by atoms with Crippen molar-refractivity contribution in [1.29, 1.82) is 0 Å². The molecule has 3 aliphatic heterocycles. The number of piperidine rings is 2. The van der Waals surface area contributed by atoms with Gasteiger partial charge in [0.25, 0.3) is 10.2 Å². The van der Waals surface area contributed by atoms with Crippen LogP contribution < -0.4 is 10.0 Å². The van der Waals surface area contributed by atoms with E-state index in [4.69, 9.17) is 0 Å². The fraction of sp³-hybridized carbons (Fsp3) is 1.00. The van der Waals surface area contributed by atoms with Crippen LogP contribution in [0.15, 0.2) is 0 Å². The number of hydrogen-bond acceptors (Lipinski definition) is 3. The topological polar surface area (TPSA) is 61.4 Å². The van der Waals surface area contributed by atoms with Crippen molar-refractivity contribution in [2.24, 2.45) is 0 Å².